The average Bonchev–Trinajstić information content (AvgIpc) is 2.89. The van der Waals surface area contributed by atoms with Crippen LogP contribution >= 0.6 is 0 Å². The molecule has 5 rings (SSSR count). The molecular formula is C33H31K3O4. The maximum atomic E-state index is 10.5. The number of benzene rings is 4. The quantitative estimate of drug-likeness (QED) is 0.155. The number of phenolic OH excluding ortho intramolecular Hbond substituents is 4. The van der Waals surface area contributed by atoms with E-state index in [2.05, 4.69) is 30.3 Å². The van der Waals surface area contributed by atoms with Gasteiger partial charge in [-0.1, -0.05) is 50.2 Å². The predicted octanol–water partition coefficient (Wildman–Crippen LogP) is -2.31. The molecule has 1 aliphatic rings. The van der Waals surface area contributed by atoms with Crippen LogP contribution in [0.2, 0.25) is 0 Å². The summed E-state index contributed by atoms with van der Waals surface area (Å²) in [6.45, 7) is 5.74. The van der Waals surface area contributed by atoms with Crippen LogP contribution in [0.4, 0.5) is 0 Å². The third kappa shape index (κ3) is 7.27. The van der Waals surface area contributed by atoms with E-state index in [1.54, 1.807) is 12.1 Å². The molecule has 0 radical (unpaired) electrons. The molecule has 0 unspecified atom stereocenters. The molecule has 0 atom stereocenters. The van der Waals surface area contributed by atoms with Gasteiger partial charge in [0.1, 0.15) is 5.75 Å². The topological polar surface area (TPSA) is 80.9 Å². The van der Waals surface area contributed by atoms with Gasteiger partial charge in [0.25, 0.3) is 0 Å². The van der Waals surface area contributed by atoms with E-state index in [1.165, 1.54) is 0 Å². The second kappa shape index (κ2) is 15.3. The first-order chi connectivity index (χ1) is 17.6. The van der Waals surface area contributed by atoms with Crippen LogP contribution in [0.25, 0.3) is 0 Å². The molecule has 0 amide bonds. The second-order valence-corrected chi connectivity index (χ2v) is 10.5. The number of aryl methyl sites for hydroxylation is 3. The number of phenols is 4. The van der Waals surface area contributed by atoms with E-state index in [1.807, 2.05) is 57.2 Å². The van der Waals surface area contributed by atoms with Crippen molar-refractivity contribution in [2.24, 2.45) is 0 Å². The second-order valence-electron chi connectivity index (χ2n) is 10.5. The van der Waals surface area contributed by atoms with Crippen molar-refractivity contribution in [2.75, 3.05) is 0 Å². The van der Waals surface area contributed by atoms with Gasteiger partial charge in [-0.05, 0) is 36.0 Å². The molecule has 1 aliphatic carbocycles. The number of rotatable bonds is 4. The standard InChI is InChI=1S/C33H31O4.3K/c1-21-18-26(8-13-30(21)36)32(24-4-9-28(34)10-5-24)14-16-33(17-15-32,25-6-11-29(35)12-7-25)27-19-22(2)31(37)23(3)20-27;;;/h4-9,11,18-20,34-37H,14-17H2,1-3H3;;;/q-3;3*+1. The minimum Gasteiger partial charge on any atom is -0.534 e. The van der Waals surface area contributed by atoms with E-state index in [4.69, 9.17) is 0 Å². The minimum absolute atomic E-state index is 0. The third-order valence-electron chi connectivity index (χ3n) is 8.36. The van der Waals surface area contributed by atoms with Gasteiger partial charge in [-0.2, -0.15) is 47.5 Å². The summed E-state index contributed by atoms with van der Waals surface area (Å²) >= 11 is 0. The summed E-state index contributed by atoms with van der Waals surface area (Å²) in [7, 11) is 0. The van der Waals surface area contributed by atoms with Crippen LogP contribution in [-0.2, 0) is 10.8 Å². The van der Waals surface area contributed by atoms with Gasteiger partial charge >= 0.3 is 154 Å². The number of hydrogen-bond donors (Lipinski definition) is 4. The van der Waals surface area contributed by atoms with Gasteiger partial charge in [0.15, 0.2) is 0 Å². The molecule has 40 heavy (non-hydrogen) atoms. The Bertz CT molecular complexity index is 1420. The van der Waals surface area contributed by atoms with E-state index in [0.717, 1.165) is 64.6 Å². The van der Waals surface area contributed by atoms with Gasteiger partial charge in [-0.25, -0.2) is 0 Å². The molecule has 4 N–H and O–H groups in total. The van der Waals surface area contributed by atoms with Gasteiger partial charge in [0.05, 0.1) is 0 Å². The zero-order chi connectivity index (χ0) is 26.4. The molecule has 4 aromatic rings. The maximum absolute atomic E-state index is 10.5. The Balaban J connectivity index is 0.00000187. The molecule has 4 nitrogen and oxygen atoms in total. The largest absolute Gasteiger partial charge is 1.00 e. The normalized spacial score (nSPS) is 20.0. The molecule has 0 spiro atoms. The summed E-state index contributed by atoms with van der Waals surface area (Å²) in [6, 6.07) is 28.1. The van der Waals surface area contributed by atoms with Crippen molar-refractivity contribution in [3.05, 3.63) is 118 Å². The Labute approximate surface area is 365 Å². The summed E-state index contributed by atoms with van der Waals surface area (Å²) in [5, 5.41) is 40.5. The number of aromatic hydroxyl groups is 4. The van der Waals surface area contributed by atoms with Gasteiger partial charge in [-0.3, -0.25) is 0 Å². The van der Waals surface area contributed by atoms with Crippen LogP contribution < -0.4 is 154 Å². The summed E-state index contributed by atoms with van der Waals surface area (Å²) in [4.78, 5) is 0. The van der Waals surface area contributed by atoms with Gasteiger partial charge in [-0.15, -0.1) is 41.5 Å². The monoisotopic (exact) mass is 608 g/mol. The van der Waals surface area contributed by atoms with Crippen LogP contribution in [0.1, 0.15) is 64.6 Å². The minimum atomic E-state index is -0.357. The van der Waals surface area contributed by atoms with Crippen LogP contribution in [0.15, 0.2) is 60.7 Å². The van der Waals surface area contributed by atoms with E-state index in [0.29, 0.717) is 5.75 Å². The fourth-order valence-electron chi connectivity index (χ4n) is 6.13. The first-order valence-corrected chi connectivity index (χ1v) is 12.6. The van der Waals surface area contributed by atoms with E-state index in [9.17, 15) is 20.4 Å². The van der Waals surface area contributed by atoms with Crippen molar-refractivity contribution in [2.45, 2.75) is 57.3 Å². The molecule has 1 fully saturated rings. The first-order valence-electron chi connectivity index (χ1n) is 12.6. The number of hydrogen-bond acceptors (Lipinski definition) is 4. The Morgan fingerprint density at radius 2 is 0.925 bits per heavy atom. The zero-order valence-electron chi connectivity index (χ0n) is 24.4. The van der Waals surface area contributed by atoms with Crippen molar-refractivity contribution in [3.8, 4) is 23.0 Å². The van der Waals surface area contributed by atoms with Crippen molar-refractivity contribution in [1.82, 2.24) is 0 Å². The molecule has 7 heteroatoms. The smallest absolute Gasteiger partial charge is 0.534 e. The molecule has 0 aliphatic heterocycles. The van der Waals surface area contributed by atoms with Crippen molar-refractivity contribution < 1.29 is 175 Å². The van der Waals surface area contributed by atoms with Gasteiger partial charge in [0, 0.05) is 17.2 Å². The summed E-state index contributed by atoms with van der Waals surface area (Å²) in [5.41, 5.74) is 6.11. The molecule has 1 saturated carbocycles. The third-order valence-corrected chi connectivity index (χ3v) is 8.36. The average molecular weight is 609 g/mol. The maximum Gasteiger partial charge on any atom is 1.00 e. The predicted molar refractivity (Wildman–Crippen MR) is 143 cm³/mol. The van der Waals surface area contributed by atoms with E-state index >= 15 is 0 Å². The molecule has 0 aromatic heterocycles. The Hall–Kier alpha value is 0.989. The zero-order valence-corrected chi connectivity index (χ0v) is 33.8. The molecule has 0 bridgehead atoms. The molecule has 190 valence electrons. The fraction of sp³-hybridized carbons (Fsp3) is 0.273. The Morgan fingerprint density at radius 3 is 1.32 bits per heavy atom. The summed E-state index contributed by atoms with van der Waals surface area (Å²) < 4.78 is 0. The Morgan fingerprint density at radius 1 is 0.525 bits per heavy atom. The van der Waals surface area contributed by atoms with E-state index in [-0.39, 0.29) is 182 Å². The van der Waals surface area contributed by atoms with Gasteiger partial charge in [0.2, 0.25) is 0 Å². The van der Waals surface area contributed by atoms with Crippen LogP contribution in [0.3, 0.4) is 0 Å². The summed E-state index contributed by atoms with van der Waals surface area (Å²) in [6.07, 6.45) is 3.19. The molecule has 4 aromatic carbocycles. The van der Waals surface area contributed by atoms with Crippen LogP contribution in [0, 0.1) is 39.0 Å². The molecule has 0 heterocycles. The van der Waals surface area contributed by atoms with Gasteiger partial charge < -0.3 is 20.4 Å². The van der Waals surface area contributed by atoms with Crippen LogP contribution in [0.5, 0.6) is 23.0 Å². The SMILES string of the molecule is Cc1cc(C2(c3c[c-]c(O)cc3)CCC(c3c[c-]c(O)cc3)(c3cc(C)c(O)c(C)c3)CC2)c[c-]c1O.[K+].[K+].[K+]. The van der Waals surface area contributed by atoms with Crippen molar-refractivity contribution in [1.29, 1.82) is 0 Å². The van der Waals surface area contributed by atoms with Crippen LogP contribution in [-0.4, -0.2) is 20.4 Å². The summed E-state index contributed by atoms with van der Waals surface area (Å²) in [5.74, 6) is 0.677. The molecular weight excluding hydrogens is 578 g/mol. The first kappa shape index (κ1) is 37.2. The van der Waals surface area contributed by atoms with E-state index < -0.39 is 0 Å². The van der Waals surface area contributed by atoms with Crippen molar-refractivity contribution >= 4 is 0 Å². The molecule has 0 saturated heterocycles. The van der Waals surface area contributed by atoms with Crippen molar-refractivity contribution in [3.63, 3.8) is 0 Å². The fourth-order valence-corrected chi connectivity index (χ4v) is 6.13. The Kier molecular flexibility index (Phi) is 14.2.